The standard InChI is InChI=1S/C13H12FNO2S/c14-11-3-7-13(8-4-11)18(16,17)12-5-1-10(9-15)2-6-12/h1-8H,9,15H2. The van der Waals surface area contributed by atoms with Gasteiger partial charge in [-0.05, 0) is 42.0 Å². The van der Waals surface area contributed by atoms with Gasteiger partial charge in [-0.1, -0.05) is 12.1 Å². The Bertz CT molecular complexity index is 634. The normalized spacial score (nSPS) is 11.4. The number of hydrogen-bond acceptors (Lipinski definition) is 3. The van der Waals surface area contributed by atoms with E-state index in [0.717, 1.165) is 17.7 Å². The van der Waals surface area contributed by atoms with Crippen LogP contribution in [0.25, 0.3) is 0 Å². The Balaban J connectivity index is 2.44. The van der Waals surface area contributed by atoms with Gasteiger partial charge in [0, 0.05) is 6.54 Å². The maximum Gasteiger partial charge on any atom is 0.206 e. The average molecular weight is 265 g/mol. The molecule has 94 valence electrons. The zero-order valence-electron chi connectivity index (χ0n) is 9.51. The van der Waals surface area contributed by atoms with Gasteiger partial charge in [0.25, 0.3) is 0 Å². The minimum atomic E-state index is -3.59. The van der Waals surface area contributed by atoms with E-state index in [9.17, 15) is 12.8 Å². The molecule has 2 rings (SSSR count). The van der Waals surface area contributed by atoms with Crippen molar-refractivity contribution in [3.63, 3.8) is 0 Å². The van der Waals surface area contributed by atoms with Crippen molar-refractivity contribution in [1.82, 2.24) is 0 Å². The van der Waals surface area contributed by atoms with Crippen LogP contribution in [-0.2, 0) is 16.4 Å². The van der Waals surface area contributed by atoms with Gasteiger partial charge in [0.1, 0.15) is 5.82 Å². The molecule has 0 saturated carbocycles. The molecule has 2 aromatic rings. The minimum absolute atomic E-state index is 0.0735. The van der Waals surface area contributed by atoms with Crippen molar-refractivity contribution in [2.24, 2.45) is 5.73 Å². The second-order valence-corrected chi connectivity index (χ2v) is 5.76. The maximum atomic E-state index is 12.8. The fourth-order valence-electron chi connectivity index (χ4n) is 1.55. The van der Waals surface area contributed by atoms with Gasteiger partial charge in [0.05, 0.1) is 9.79 Å². The summed E-state index contributed by atoms with van der Waals surface area (Å²) in [6.07, 6.45) is 0. The maximum absolute atomic E-state index is 12.8. The van der Waals surface area contributed by atoms with Gasteiger partial charge < -0.3 is 5.73 Å². The van der Waals surface area contributed by atoms with Crippen LogP contribution in [0.3, 0.4) is 0 Å². The van der Waals surface area contributed by atoms with E-state index >= 15 is 0 Å². The fraction of sp³-hybridized carbons (Fsp3) is 0.0769. The molecule has 0 amide bonds. The second kappa shape index (κ2) is 4.88. The van der Waals surface area contributed by atoms with E-state index in [1.54, 1.807) is 12.1 Å². The lowest BCUT2D eigenvalue weighted by atomic mass is 10.2. The molecule has 0 aliphatic carbocycles. The van der Waals surface area contributed by atoms with Crippen LogP contribution in [0.15, 0.2) is 58.3 Å². The molecule has 0 fully saturated rings. The highest BCUT2D eigenvalue weighted by molar-refractivity contribution is 7.91. The first-order valence-corrected chi connectivity index (χ1v) is 6.82. The summed E-state index contributed by atoms with van der Waals surface area (Å²) in [5.41, 5.74) is 6.30. The quantitative estimate of drug-likeness (QED) is 0.865. The number of halogens is 1. The van der Waals surface area contributed by atoms with Crippen molar-refractivity contribution < 1.29 is 12.8 Å². The third kappa shape index (κ3) is 2.42. The summed E-state index contributed by atoms with van der Waals surface area (Å²) >= 11 is 0. The molecule has 0 heterocycles. The van der Waals surface area contributed by atoms with E-state index in [1.165, 1.54) is 24.3 Å². The summed E-state index contributed by atoms with van der Waals surface area (Å²) in [6.45, 7) is 0.358. The third-order valence-electron chi connectivity index (χ3n) is 2.59. The van der Waals surface area contributed by atoms with Crippen molar-refractivity contribution in [3.8, 4) is 0 Å². The summed E-state index contributed by atoms with van der Waals surface area (Å²) in [4.78, 5) is 0.246. The minimum Gasteiger partial charge on any atom is -0.326 e. The van der Waals surface area contributed by atoms with Crippen molar-refractivity contribution in [3.05, 3.63) is 59.9 Å². The van der Waals surface area contributed by atoms with E-state index in [2.05, 4.69) is 0 Å². The topological polar surface area (TPSA) is 60.2 Å². The monoisotopic (exact) mass is 265 g/mol. The van der Waals surface area contributed by atoms with E-state index in [4.69, 9.17) is 5.73 Å². The molecule has 0 bridgehead atoms. The molecule has 0 spiro atoms. The average Bonchev–Trinajstić information content (AvgIpc) is 2.39. The highest BCUT2D eigenvalue weighted by atomic mass is 32.2. The van der Waals surface area contributed by atoms with Crippen LogP contribution < -0.4 is 5.73 Å². The predicted octanol–water partition coefficient (Wildman–Crippen LogP) is 2.12. The van der Waals surface area contributed by atoms with Gasteiger partial charge in [-0.2, -0.15) is 0 Å². The Morgan fingerprint density at radius 1 is 0.889 bits per heavy atom. The molecule has 2 aromatic carbocycles. The summed E-state index contributed by atoms with van der Waals surface area (Å²) in [7, 11) is -3.59. The van der Waals surface area contributed by atoms with Gasteiger partial charge in [-0.3, -0.25) is 0 Å². The van der Waals surface area contributed by atoms with Gasteiger partial charge >= 0.3 is 0 Å². The lowest BCUT2D eigenvalue weighted by Gasteiger charge is -2.05. The number of benzene rings is 2. The molecule has 0 atom stereocenters. The SMILES string of the molecule is NCc1ccc(S(=O)(=O)c2ccc(F)cc2)cc1. The largest absolute Gasteiger partial charge is 0.326 e. The summed E-state index contributed by atoms with van der Waals surface area (Å²) in [5.74, 6) is -0.465. The molecule has 2 N–H and O–H groups in total. The highest BCUT2D eigenvalue weighted by Gasteiger charge is 2.17. The predicted molar refractivity (Wildman–Crippen MR) is 66.2 cm³/mol. The zero-order chi connectivity index (χ0) is 13.2. The summed E-state index contributed by atoms with van der Waals surface area (Å²) < 4.78 is 37.1. The Morgan fingerprint density at radius 3 is 1.78 bits per heavy atom. The first-order chi connectivity index (χ1) is 8.54. The summed E-state index contributed by atoms with van der Waals surface area (Å²) in [5, 5.41) is 0. The first-order valence-electron chi connectivity index (χ1n) is 5.34. The Hall–Kier alpha value is -1.72. The number of hydrogen-bond donors (Lipinski definition) is 1. The Labute approximate surface area is 105 Å². The van der Waals surface area contributed by atoms with Crippen LogP contribution in [0.5, 0.6) is 0 Å². The molecule has 0 aliphatic rings. The first kappa shape index (κ1) is 12.7. The molecule has 5 heteroatoms. The second-order valence-electron chi connectivity index (χ2n) is 3.81. The van der Waals surface area contributed by atoms with Crippen molar-refractivity contribution in [2.75, 3.05) is 0 Å². The van der Waals surface area contributed by atoms with Crippen molar-refractivity contribution in [2.45, 2.75) is 16.3 Å². The van der Waals surface area contributed by atoms with Gasteiger partial charge in [0.15, 0.2) is 0 Å². The van der Waals surface area contributed by atoms with Crippen LogP contribution in [0, 0.1) is 5.82 Å². The number of rotatable bonds is 3. The van der Waals surface area contributed by atoms with E-state index < -0.39 is 15.7 Å². The van der Waals surface area contributed by atoms with Crippen LogP contribution in [0.2, 0.25) is 0 Å². The van der Waals surface area contributed by atoms with Crippen LogP contribution in [0.1, 0.15) is 5.56 Å². The third-order valence-corrected chi connectivity index (χ3v) is 4.38. The van der Waals surface area contributed by atoms with Crippen LogP contribution >= 0.6 is 0 Å². The molecule has 0 unspecified atom stereocenters. The molecular formula is C13H12FNO2S. The Morgan fingerprint density at radius 2 is 1.33 bits per heavy atom. The van der Waals surface area contributed by atoms with Crippen LogP contribution in [-0.4, -0.2) is 8.42 Å². The zero-order valence-corrected chi connectivity index (χ0v) is 10.3. The lowest BCUT2D eigenvalue weighted by Crippen LogP contribution is -2.03. The lowest BCUT2D eigenvalue weighted by molar-refractivity contribution is 0.594. The Kier molecular flexibility index (Phi) is 3.45. The number of nitrogens with two attached hydrogens (primary N) is 1. The van der Waals surface area contributed by atoms with E-state index in [1.807, 2.05) is 0 Å². The molecule has 18 heavy (non-hydrogen) atoms. The van der Waals surface area contributed by atoms with Crippen molar-refractivity contribution in [1.29, 1.82) is 0 Å². The van der Waals surface area contributed by atoms with Gasteiger partial charge in [0.2, 0.25) is 9.84 Å². The number of sulfone groups is 1. The van der Waals surface area contributed by atoms with Gasteiger partial charge in [-0.25, -0.2) is 12.8 Å². The van der Waals surface area contributed by atoms with Crippen LogP contribution in [0.4, 0.5) is 4.39 Å². The molecule has 0 aromatic heterocycles. The smallest absolute Gasteiger partial charge is 0.206 e. The van der Waals surface area contributed by atoms with E-state index in [0.29, 0.717) is 6.54 Å². The molecular weight excluding hydrogens is 253 g/mol. The summed E-state index contributed by atoms with van der Waals surface area (Å²) in [6, 6.07) is 11.1. The van der Waals surface area contributed by atoms with E-state index in [-0.39, 0.29) is 9.79 Å². The van der Waals surface area contributed by atoms with Gasteiger partial charge in [-0.15, -0.1) is 0 Å². The molecule has 0 radical (unpaired) electrons. The molecule has 0 saturated heterocycles. The molecule has 0 aliphatic heterocycles. The fourth-order valence-corrected chi connectivity index (χ4v) is 2.82. The van der Waals surface area contributed by atoms with Crippen molar-refractivity contribution >= 4 is 9.84 Å². The molecule has 3 nitrogen and oxygen atoms in total. The highest BCUT2D eigenvalue weighted by Crippen LogP contribution is 2.21.